The van der Waals surface area contributed by atoms with Crippen LogP contribution >= 0.6 is 0 Å². The van der Waals surface area contributed by atoms with Crippen molar-refractivity contribution in [1.82, 2.24) is 9.80 Å². The Morgan fingerprint density at radius 3 is 2.67 bits per heavy atom. The summed E-state index contributed by atoms with van der Waals surface area (Å²) in [6.45, 7) is 5.64. The average molecular weight is 296 g/mol. The van der Waals surface area contributed by atoms with Crippen LogP contribution in [0.1, 0.15) is 58.8 Å². The second-order valence-electron chi connectivity index (χ2n) is 7.18. The third-order valence-corrected chi connectivity index (χ3v) is 5.41. The minimum Gasteiger partial charge on any atom is -0.393 e. The lowest BCUT2D eigenvalue weighted by Crippen LogP contribution is -2.48. The summed E-state index contributed by atoms with van der Waals surface area (Å²) in [6.07, 6.45) is 7.73. The lowest BCUT2D eigenvalue weighted by molar-refractivity contribution is -0.135. The normalized spacial score (nSPS) is 32.1. The molecule has 1 saturated heterocycles. The predicted octanol–water partition coefficient (Wildman–Crippen LogP) is 2.26. The molecule has 21 heavy (non-hydrogen) atoms. The Bertz CT molecular complexity index is 346. The van der Waals surface area contributed by atoms with Gasteiger partial charge in [-0.05, 0) is 51.5 Å². The van der Waals surface area contributed by atoms with Crippen LogP contribution in [0.15, 0.2) is 0 Å². The second-order valence-corrected chi connectivity index (χ2v) is 7.18. The highest BCUT2D eigenvalue weighted by molar-refractivity contribution is 5.78. The molecule has 0 aromatic carbocycles. The van der Waals surface area contributed by atoms with Crippen molar-refractivity contribution in [3.05, 3.63) is 0 Å². The van der Waals surface area contributed by atoms with Gasteiger partial charge in [0.05, 0.1) is 12.6 Å². The molecule has 1 amide bonds. The standard InChI is InChI=1S/C17H32N2O2/c1-13-7-4-5-9-16(13)18(3)17(21)12-19-10-6-8-15(19)11-14(2)20/h13-16,20H,4-12H2,1-3H3. The van der Waals surface area contributed by atoms with Crippen molar-refractivity contribution in [2.75, 3.05) is 20.1 Å². The summed E-state index contributed by atoms with van der Waals surface area (Å²) in [6, 6.07) is 0.801. The Hall–Kier alpha value is -0.610. The van der Waals surface area contributed by atoms with Gasteiger partial charge in [0.15, 0.2) is 0 Å². The molecule has 4 nitrogen and oxygen atoms in total. The first kappa shape index (κ1) is 16.8. The van der Waals surface area contributed by atoms with Gasteiger partial charge in [0, 0.05) is 19.1 Å². The smallest absolute Gasteiger partial charge is 0.236 e. The molecule has 4 atom stereocenters. The van der Waals surface area contributed by atoms with Crippen molar-refractivity contribution in [3.63, 3.8) is 0 Å². The molecule has 1 aliphatic heterocycles. The number of carbonyl (C=O) groups excluding carboxylic acids is 1. The number of amides is 1. The van der Waals surface area contributed by atoms with E-state index < -0.39 is 0 Å². The van der Waals surface area contributed by atoms with Gasteiger partial charge in [-0.25, -0.2) is 0 Å². The van der Waals surface area contributed by atoms with Gasteiger partial charge < -0.3 is 10.0 Å². The monoisotopic (exact) mass is 296 g/mol. The van der Waals surface area contributed by atoms with Crippen LogP contribution in [0.4, 0.5) is 0 Å². The molecule has 0 bridgehead atoms. The zero-order chi connectivity index (χ0) is 15.4. The Morgan fingerprint density at radius 1 is 1.29 bits per heavy atom. The van der Waals surface area contributed by atoms with Crippen LogP contribution in [-0.4, -0.2) is 59.1 Å². The fourth-order valence-electron chi connectivity index (χ4n) is 4.11. The van der Waals surface area contributed by atoms with Crippen molar-refractivity contribution in [2.24, 2.45) is 5.92 Å². The zero-order valence-corrected chi connectivity index (χ0v) is 13.9. The van der Waals surface area contributed by atoms with Crippen molar-refractivity contribution in [1.29, 1.82) is 0 Å². The van der Waals surface area contributed by atoms with Gasteiger partial charge in [0.25, 0.3) is 0 Å². The van der Waals surface area contributed by atoms with Gasteiger partial charge in [-0.1, -0.05) is 19.8 Å². The SMILES string of the molecule is CC(O)CC1CCCN1CC(=O)N(C)C1CCCCC1C. The van der Waals surface area contributed by atoms with Crippen LogP contribution in [0.5, 0.6) is 0 Å². The molecule has 2 rings (SSSR count). The topological polar surface area (TPSA) is 43.8 Å². The average Bonchev–Trinajstić information content (AvgIpc) is 2.85. The molecule has 0 radical (unpaired) electrons. The molecule has 2 aliphatic rings. The minimum absolute atomic E-state index is 0.256. The summed E-state index contributed by atoms with van der Waals surface area (Å²) in [5, 5.41) is 9.59. The first-order chi connectivity index (χ1) is 9.99. The van der Waals surface area contributed by atoms with Gasteiger partial charge in [0.1, 0.15) is 0 Å². The molecule has 0 spiro atoms. The predicted molar refractivity (Wildman–Crippen MR) is 85.1 cm³/mol. The van der Waals surface area contributed by atoms with Gasteiger partial charge in [-0.3, -0.25) is 9.69 Å². The Kier molecular flexibility index (Phi) is 6.06. The van der Waals surface area contributed by atoms with Crippen molar-refractivity contribution in [2.45, 2.75) is 77.0 Å². The van der Waals surface area contributed by atoms with E-state index >= 15 is 0 Å². The maximum absolute atomic E-state index is 12.6. The number of hydrogen-bond acceptors (Lipinski definition) is 3. The van der Waals surface area contributed by atoms with Crippen molar-refractivity contribution in [3.8, 4) is 0 Å². The molecule has 4 unspecified atom stereocenters. The number of nitrogens with zero attached hydrogens (tertiary/aromatic N) is 2. The zero-order valence-electron chi connectivity index (χ0n) is 13.9. The quantitative estimate of drug-likeness (QED) is 0.846. The summed E-state index contributed by atoms with van der Waals surface area (Å²) < 4.78 is 0. The number of rotatable bonds is 5. The summed E-state index contributed by atoms with van der Waals surface area (Å²) in [7, 11) is 1.98. The van der Waals surface area contributed by atoms with Crippen LogP contribution in [0.25, 0.3) is 0 Å². The van der Waals surface area contributed by atoms with E-state index in [2.05, 4.69) is 11.8 Å². The van der Waals surface area contributed by atoms with E-state index in [1.54, 1.807) is 0 Å². The number of hydrogen-bond donors (Lipinski definition) is 1. The highest BCUT2D eigenvalue weighted by Crippen LogP contribution is 2.28. The molecule has 1 heterocycles. The molecule has 1 N–H and O–H groups in total. The number of likely N-dealkylation sites (tertiary alicyclic amines) is 1. The highest BCUT2D eigenvalue weighted by atomic mass is 16.3. The van der Waals surface area contributed by atoms with Crippen LogP contribution < -0.4 is 0 Å². The Labute approximate surface area is 129 Å². The fourth-order valence-corrected chi connectivity index (χ4v) is 4.11. The van der Waals surface area contributed by atoms with Crippen molar-refractivity contribution >= 4 is 5.91 Å². The highest BCUT2D eigenvalue weighted by Gasteiger charge is 2.31. The van der Waals surface area contributed by atoms with E-state index in [0.717, 1.165) is 32.2 Å². The molecule has 0 aromatic heterocycles. The van der Waals surface area contributed by atoms with E-state index in [0.29, 0.717) is 24.5 Å². The van der Waals surface area contributed by atoms with E-state index in [4.69, 9.17) is 0 Å². The number of aliphatic hydroxyl groups is 1. The molecule has 0 aromatic rings. The van der Waals surface area contributed by atoms with Crippen LogP contribution in [-0.2, 0) is 4.79 Å². The Balaban J connectivity index is 1.87. The summed E-state index contributed by atoms with van der Waals surface area (Å²) in [5.41, 5.74) is 0. The minimum atomic E-state index is -0.276. The number of aliphatic hydroxyl groups excluding tert-OH is 1. The molecule has 122 valence electrons. The van der Waals surface area contributed by atoms with E-state index in [1.165, 1.54) is 19.3 Å². The van der Waals surface area contributed by atoms with Gasteiger partial charge in [-0.2, -0.15) is 0 Å². The fraction of sp³-hybridized carbons (Fsp3) is 0.941. The van der Waals surface area contributed by atoms with Gasteiger partial charge >= 0.3 is 0 Å². The maximum Gasteiger partial charge on any atom is 0.236 e. The second kappa shape index (κ2) is 7.59. The van der Waals surface area contributed by atoms with Crippen molar-refractivity contribution < 1.29 is 9.90 Å². The molecular formula is C17H32N2O2. The van der Waals surface area contributed by atoms with Gasteiger partial charge in [-0.15, -0.1) is 0 Å². The number of carbonyl (C=O) groups is 1. The van der Waals surface area contributed by atoms with Crippen LogP contribution in [0, 0.1) is 5.92 Å². The molecule has 4 heteroatoms. The number of likely N-dealkylation sites (N-methyl/N-ethyl adjacent to an activating group) is 1. The molecular weight excluding hydrogens is 264 g/mol. The summed E-state index contributed by atoms with van der Waals surface area (Å²) in [5.74, 6) is 0.880. The van der Waals surface area contributed by atoms with E-state index in [9.17, 15) is 9.90 Å². The first-order valence-electron chi connectivity index (χ1n) is 8.66. The lowest BCUT2D eigenvalue weighted by Gasteiger charge is -2.37. The molecule has 1 aliphatic carbocycles. The summed E-state index contributed by atoms with van der Waals surface area (Å²) >= 11 is 0. The summed E-state index contributed by atoms with van der Waals surface area (Å²) in [4.78, 5) is 16.9. The lowest BCUT2D eigenvalue weighted by atomic mass is 9.85. The largest absolute Gasteiger partial charge is 0.393 e. The first-order valence-corrected chi connectivity index (χ1v) is 8.66. The maximum atomic E-state index is 12.6. The third kappa shape index (κ3) is 4.43. The molecule has 1 saturated carbocycles. The molecule has 2 fully saturated rings. The van der Waals surface area contributed by atoms with Gasteiger partial charge in [0.2, 0.25) is 5.91 Å². The third-order valence-electron chi connectivity index (χ3n) is 5.41. The van der Waals surface area contributed by atoms with Crippen LogP contribution in [0.3, 0.4) is 0 Å². The van der Waals surface area contributed by atoms with E-state index in [1.807, 2.05) is 18.9 Å². The Morgan fingerprint density at radius 2 is 2.00 bits per heavy atom. The van der Waals surface area contributed by atoms with E-state index in [-0.39, 0.29) is 12.0 Å². The van der Waals surface area contributed by atoms with Crippen LogP contribution in [0.2, 0.25) is 0 Å².